The first-order valence-corrected chi connectivity index (χ1v) is 8.43. The summed E-state index contributed by atoms with van der Waals surface area (Å²) in [6.45, 7) is 2.54. The third-order valence-electron chi connectivity index (χ3n) is 4.41. The molecule has 1 N–H and O–H groups in total. The van der Waals surface area contributed by atoms with Gasteiger partial charge in [0.1, 0.15) is 12.3 Å². The van der Waals surface area contributed by atoms with Crippen LogP contribution in [0.3, 0.4) is 0 Å². The van der Waals surface area contributed by atoms with Crippen LogP contribution in [0.25, 0.3) is 0 Å². The van der Waals surface area contributed by atoms with E-state index in [1.165, 1.54) is 29.9 Å². The van der Waals surface area contributed by atoms with Crippen molar-refractivity contribution in [1.29, 1.82) is 0 Å². The topological polar surface area (TPSA) is 67.5 Å². The van der Waals surface area contributed by atoms with Gasteiger partial charge in [-0.05, 0) is 44.1 Å². The molecule has 0 bridgehead atoms. The molecule has 1 saturated heterocycles. The lowest BCUT2D eigenvalue weighted by Gasteiger charge is -2.33. The van der Waals surface area contributed by atoms with Gasteiger partial charge in [0.15, 0.2) is 0 Å². The SMILES string of the molecule is O=C(Cn1ccccc1=O)NCC(c1ccco1)N1CCCCC1. The summed E-state index contributed by atoms with van der Waals surface area (Å²) in [5.41, 5.74) is -0.175. The molecule has 2 aromatic heterocycles. The maximum atomic E-state index is 12.2. The first kappa shape index (κ1) is 16.5. The Morgan fingerprint density at radius 1 is 1.17 bits per heavy atom. The van der Waals surface area contributed by atoms with Gasteiger partial charge < -0.3 is 14.3 Å². The van der Waals surface area contributed by atoms with Crippen LogP contribution in [0.15, 0.2) is 52.0 Å². The highest BCUT2D eigenvalue weighted by Crippen LogP contribution is 2.24. The van der Waals surface area contributed by atoms with E-state index < -0.39 is 0 Å². The summed E-state index contributed by atoms with van der Waals surface area (Å²) in [5, 5.41) is 2.94. The van der Waals surface area contributed by atoms with Gasteiger partial charge in [0.25, 0.3) is 5.56 Å². The fourth-order valence-electron chi connectivity index (χ4n) is 3.13. The van der Waals surface area contributed by atoms with Gasteiger partial charge >= 0.3 is 0 Å². The predicted octanol–water partition coefficient (Wildman–Crippen LogP) is 1.78. The van der Waals surface area contributed by atoms with Crippen LogP contribution in [-0.4, -0.2) is 35.0 Å². The number of furan rings is 1. The first-order valence-electron chi connectivity index (χ1n) is 8.43. The molecular formula is C18H23N3O3. The van der Waals surface area contributed by atoms with Crippen LogP contribution < -0.4 is 10.9 Å². The van der Waals surface area contributed by atoms with Gasteiger partial charge in [0.05, 0.1) is 12.3 Å². The molecule has 24 heavy (non-hydrogen) atoms. The molecule has 0 aromatic carbocycles. The minimum Gasteiger partial charge on any atom is -0.468 e. The molecule has 0 spiro atoms. The second-order valence-corrected chi connectivity index (χ2v) is 6.10. The Morgan fingerprint density at radius 3 is 2.71 bits per heavy atom. The second-order valence-electron chi connectivity index (χ2n) is 6.10. The number of aromatic nitrogens is 1. The highest BCUT2D eigenvalue weighted by Gasteiger charge is 2.24. The summed E-state index contributed by atoms with van der Waals surface area (Å²) >= 11 is 0. The van der Waals surface area contributed by atoms with E-state index in [2.05, 4.69) is 10.2 Å². The zero-order chi connectivity index (χ0) is 16.8. The molecule has 0 saturated carbocycles. The number of hydrogen-bond donors (Lipinski definition) is 1. The van der Waals surface area contributed by atoms with Gasteiger partial charge in [-0.2, -0.15) is 0 Å². The number of rotatable bonds is 6. The van der Waals surface area contributed by atoms with Gasteiger partial charge in [-0.15, -0.1) is 0 Å². The quantitative estimate of drug-likeness (QED) is 0.877. The molecule has 1 aliphatic rings. The molecule has 2 aromatic rings. The van der Waals surface area contributed by atoms with Crippen molar-refractivity contribution in [1.82, 2.24) is 14.8 Å². The predicted molar refractivity (Wildman–Crippen MR) is 90.6 cm³/mol. The number of amides is 1. The Hall–Kier alpha value is -2.34. The molecule has 1 unspecified atom stereocenters. The number of likely N-dealkylation sites (tertiary alicyclic amines) is 1. The summed E-state index contributed by atoms with van der Waals surface area (Å²) in [6, 6.07) is 8.72. The first-order chi connectivity index (χ1) is 11.7. The van der Waals surface area contributed by atoms with E-state index in [9.17, 15) is 9.59 Å². The Morgan fingerprint density at radius 2 is 2.00 bits per heavy atom. The fraction of sp³-hybridized carbons (Fsp3) is 0.444. The number of carbonyl (C=O) groups is 1. The van der Waals surface area contributed by atoms with Crippen LogP contribution in [0.5, 0.6) is 0 Å². The van der Waals surface area contributed by atoms with Crippen LogP contribution in [0, 0.1) is 0 Å². The average Bonchev–Trinajstić information content (AvgIpc) is 3.12. The van der Waals surface area contributed by atoms with Crippen molar-refractivity contribution in [2.75, 3.05) is 19.6 Å². The van der Waals surface area contributed by atoms with Crippen LogP contribution >= 0.6 is 0 Å². The lowest BCUT2D eigenvalue weighted by molar-refractivity contribution is -0.122. The van der Waals surface area contributed by atoms with Crippen molar-refractivity contribution in [2.24, 2.45) is 0 Å². The van der Waals surface area contributed by atoms with Gasteiger partial charge in [-0.25, -0.2) is 0 Å². The van der Waals surface area contributed by atoms with Crippen LogP contribution in [0.1, 0.15) is 31.1 Å². The molecule has 1 amide bonds. The van der Waals surface area contributed by atoms with E-state index in [-0.39, 0.29) is 24.1 Å². The molecule has 0 aliphatic carbocycles. The summed E-state index contributed by atoms with van der Waals surface area (Å²) in [7, 11) is 0. The molecule has 0 radical (unpaired) electrons. The molecular weight excluding hydrogens is 306 g/mol. The van der Waals surface area contributed by atoms with Gasteiger partial charge in [0.2, 0.25) is 5.91 Å². The molecule has 1 fully saturated rings. The van der Waals surface area contributed by atoms with Crippen molar-refractivity contribution >= 4 is 5.91 Å². The number of carbonyl (C=O) groups excluding carboxylic acids is 1. The minimum atomic E-state index is -0.175. The largest absolute Gasteiger partial charge is 0.468 e. The third-order valence-corrected chi connectivity index (χ3v) is 4.41. The van der Waals surface area contributed by atoms with E-state index >= 15 is 0 Å². The lowest BCUT2D eigenvalue weighted by Crippen LogP contribution is -2.41. The molecule has 3 heterocycles. The molecule has 3 rings (SSSR count). The second kappa shape index (κ2) is 7.97. The van der Waals surface area contributed by atoms with E-state index in [4.69, 9.17) is 4.42 Å². The summed E-state index contributed by atoms with van der Waals surface area (Å²) in [5.74, 6) is 0.700. The third kappa shape index (κ3) is 4.14. The maximum Gasteiger partial charge on any atom is 0.250 e. The van der Waals surface area contributed by atoms with E-state index in [1.807, 2.05) is 12.1 Å². The monoisotopic (exact) mass is 329 g/mol. The summed E-state index contributed by atoms with van der Waals surface area (Å²) < 4.78 is 6.97. The molecule has 1 aliphatic heterocycles. The van der Waals surface area contributed by atoms with Crippen molar-refractivity contribution in [3.05, 3.63) is 58.9 Å². The zero-order valence-electron chi connectivity index (χ0n) is 13.7. The summed E-state index contributed by atoms with van der Waals surface area (Å²) in [6.07, 6.45) is 6.88. The van der Waals surface area contributed by atoms with Crippen LogP contribution in [-0.2, 0) is 11.3 Å². The normalized spacial score (nSPS) is 16.7. The molecule has 6 nitrogen and oxygen atoms in total. The van der Waals surface area contributed by atoms with Crippen molar-refractivity contribution < 1.29 is 9.21 Å². The number of nitrogens with zero attached hydrogens (tertiary/aromatic N) is 2. The van der Waals surface area contributed by atoms with Crippen molar-refractivity contribution in [2.45, 2.75) is 31.8 Å². The van der Waals surface area contributed by atoms with E-state index in [0.717, 1.165) is 18.8 Å². The minimum absolute atomic E-state index is 0.0323. The van der Waals surface area contributed by atoms with Crippen molar-refractivity contribution in [3.8, 4) is 0 Å². The van der Waals surface area contributed by atoms with E-state index in [1.54, 1.807) is 24.6 Å². The highest BCUT2D eigenvalue weighted by molar-refractivity contribution is 5.75. The van der Waals surface area contributed by atoms with Gasteiger partial charge in [-0.3, -0.25) is 14.5 Å². The Bertz CT molecular complexity index is 702. The molecule has 128 valence electrons. The lowest BCUT2D eigenvalue weighted by atomic mass is 10.1. The Labute approximate surface area is 141 Å². The van der Waals surface area contributed by atoms with Crippen LogP contribution in [0.2, 0.25) is 0 Å². The number of hydrogen-bond acceptors (Lipinski definition) is 4. The van der Waals surface area contributed by atoms with E-state index in [0.29, 0.717) is 6.54 Å². The van der Waals surface area contributed by atoms with Crippen molar-refractivity contribution in [3.63, 3.8) is 0 Å². The number of nitrogens with one attached hydrogen (secondary N) is 1. The maximum absolute atomic E-state index is 12.2. The highest BCUT2D eigenvalue weighted by atomic mass is 16.3. The summed E-state index contributed by atoms with van der Waals surface area (Å²) in [4.78, 5) is 26.2. The zero-order valence-corrected chi connectivity index (χ0v) is 13.7. The fourth-order valence-corrected chi connectivity index (χ4v) is 3.13. The standard InChI is InChI=1S/C18H23N3O3/c22-17(14-21-11-5-2-8-18(21)23)19-13-15(16-7-6-12-24-16)20-9-3-1-4-10-20/h2,5-8,11-12,15H,1,3-4,9-10,13-14H2,(H,19,22). The number of piperidine rings is 1. The van der Waals surface area contributed by atoms with Gasteiger partial charge in [-0.1, -0.05) is 12.5 Å². The smallest absolute Gasteiger partial charge is 0.250 e. The Kier molecular flexibility index (Phi) is 5.48. The molecule has 1 atom stereocenters. The Balaban J connectivity index is 1.62. The van der Waals surface area contributed by atoms with Gasteiger partial charge in [0, 0.05) is 18.8 Å². The van der Waals surface area contributed by atoms with Crippen LogP contribution in [0.4, 0.5) is 0 Å². The average molecular weight is 329 g/mol. The number of pyridine rings is 1. The molecule has 6 heteroatoms.